The van der Waals surface area contributed by atoms with Crippen molar-refractivity contribution in [2.75, 3.05) is 24.7 Å². The molecule has 0 radical (unpaired) electrons. The Balaban J connectivity index is 1.37. The molecule has 1 amide bonds. The van der Waals surface area contributed by atoms with Gasteiger partial charge in [0.1, 0.15) is 0 Å². The third kappa shape index (κ3) is 5.03. The van der Waals surface area contributed by atoms with Gasteiger partial charge in [0, 0.05) is 22.7 Å². The lowest BCUT2D eigenvalue weighted by molar-refractivity contribution is -0.121. The number of likely N-dealkylation sites (tertiary alicyclic amines) is 1. The zero-order chi connectivity index (χ0) is 20.9. The maximum absolute atomic E-state index is 12.8. The summed E-state index contributed by atoms with van der Waals surface area (Å²) in [6.45, 7) is 2.08. The molecule has 1 aromatic heterocycles. The molecule has 1 aliphatic rings. The summed E-state index contributed by atoms with van der Waals surface area (Å²) in [5.74, 6) is 0.997. The number of rotatable bonds is 6. The number of amides is 1. The van der Waals surface area contributed by atoms with Crippen molar-refractivity contribution in [3.8, 4) is 11.4 Å². The molecular formula is C22H23ClN4O2S. The lowest BCUT2D eigenvalue weighted by Gasteiger charge is -2.30. The molecule has 6 nitrogen and oxygen atoms in total. The van der Waals surface area contributed by atoms with Crippen LogP contribution in [0.4, 0.5) is 5.69 Å². The number of aromatic nitrogens is 2. The number of nitrogens with one attached hydrogen (secondary N) is 1. The summed E-state index contributed by atoms with van der Waals surface area (Å²) in [5, 5.41) is 7.71. The Morgan fingerprint density at radius 3 is 3.00 bits per heavy atom. The monoisotopic (exact) mass is 442 g/mol. The second kappa shape index (κ2) is 9.64. The predicted molar refractivity (Wildman–Crippen MR) is 120 cm³/mol. The van der Waals surface area contributed by atoms with Crippen LogP contribution in [0, 0.1) is 5.92 Å². The minimum atomic E-state index is -0.0670. The summed E-state index contributed by atoms with van der Waals surface area (Å²) >= 11 is 7.88. The molecule has 1 atom stereocenters. The van der Waals surface area contributed by atoms with Crippen molar-refractivity contribution in [2.45, 2.75) is 24.3 Å². The van der Waals surface area contributed by atoms with E-state index >= 15 is 0 Å². The number of nitrogens with zero attached hydrogens (tertiary/aromatic N) is 3. The number of thioether (sulfide) groups is 1. The van der Waals surface area contributed by atoms with E-state index in [4.69, 9.17) is 16.1 Å². The molecule has 2 aromatic carbocycles. The SMILES string of the molecule is CSc1cccc(NC(=O)C2CCCN(Cc3nc(-c4ccccc4Cl)no3)C2)c1. The fourth-order valence-corrected chi connectivity index (χ4v) is 4.30. The molecule has 8 heteroatoms. The fourth-order valence-electron chi connectivity index (χ4n) is 3.62. The van der Waals surface area contributed by atoms with Crippen LogP contribution in [0.5, 0.6) is 0 Å². The van der Waals surface area contributed by atoms with Crippen LogP contribution < -0.4 is 5.32 Å². The zero-order valence-electron chi connectivity index (χ0n) is 16.7. The lowest BCUT2D eigenvalue weighted by atomic mass is 9.97. The topological polar surface area (TPSA) is 71.3 Å². The Kier molecular flexibility index (Phi) is 6.72. The molecule has 4 rings (SSSR count). The first-order valence-electron chi connectivity index (χ1n) is 9.87. The van der Waals surface area contributed by atoms with Gasteiger partial charge >= 0.3 is 0 Å². The van der Waals surface area contributed by atoms with Gasteiger partial charge in [-0.2, -0.15) is 4.98 Å². The highest BCUT2D eigenvalue weighted by Crippen LogP contribution is 2.26. The van der Waals surface area contributed by atoms with Crippen molar-refractivity contribution >= 4 is 35.0 Å². The van der Waals surface area contributed by atoms with Gasteiger partial charge in [-0.05, 0) is 56.0 Å². The van der Waals surface area contributed by atoms with Gasteiger partial charge in [-0.3, -0.25) is 9.69 Å². The Morgan fingerprint density at radius 1 is 1.30 bits per heavy atom. The lowest BCUT2D eigenvalue weighted by Crippen LogP contribution is -2.40. The van der Waals surface area contributed by atoms with Crippen molar-refractivity contribution in [3.05, 3.63) is 59.4 Å². The smallest absolute Gasteiger partial charge is 0.241 e. The number of carbonyl (C=O) groups excluding carboxylic acids is 1. The van der Waals surface area contributed by atoms with Crippen molar-refractivity contribution in [2.24, 2.45) is 5.92 Å². The second-order valence-electron chi connectivity index (χ2n) is 7.29. The van der Waals surface area contributed by atoms with Gasteiger partial charge in [-0.1, -0.05) is 35.0 Å². The van der Waals surface area contributed by atoms with Crippen LogP contribution >= 0.6 is 23.4 Å². The van der Waals surface area contributed by atoms with Crippen LogP contribution in [-0.4, -0.2) is 40.3 Å². The van der Waals surface area contributed by atoms with E-state index in [1.807, 2.05) is 48.7 Å². The first-order valence-corrected chi connectivity index (χ1v) is 11.5. The molecule has 0 bridgehead atoms. The summed E-state index contributed by atoms with van der Waals surface area (Å²) in [5.41, 5.74) is 1.59. The molecule has 156 valence electrons. The summed E-state index contributed by atoms with van der Waals surface area (Å²) in [6, 6.07) is 15.3. The maximum Gasteiger partial charge on any atom is 0.241 e. The number of carbonyl (C=O) groups is 1. The molecular weight excluding hydrogens is 420 g/mol. The van der Waals surface area contributed by atoms with E-state index in [1.54, 1.807) is 17.8 Å². The maximum atomic E-state index is 12.8. The summed E-state index contributed by atoms with van der Waals surface area (Å²) in [4.78, 5) is 20.6. The first-order chi connectivity index (χ1) is 14.6. The second-order valence-corrected chi connectivity index (χ2v) is 8.57. The highest BCUT2D eigenvalue weighted by Gasteiger charge is 2.27. The number of piperidine rings is 1. The van der Waals surface area contributed by atoms with Crippen molar-refractivity contribution in [3.63, 3.8) is 0 Å². The summed E-state index contributed by atoms with van der Waals surface area (Å²) in [7, 11) is 0. The highest BCUT2D eigenvalue weighted by atomic mass is 35.5. The van der Waals surface area contributed by atoms with E-state index in [2.05, 4.69) is 20.4 Å². The average Bonchev–Trinajstić information content (AvgIpc) is 3.22. The molecule has 1 saturated heterocycles. The Bertz CT molecular complexity index is 1030. The molecule has 1 fully saturated rings. The van der Waals surface area contributed by atoms with Gasteiger partial charge in [-0.15, -0.1) is 11.8 Å². The minimum Gasteiger partial charge on any atom is -0.338 e. The number of benzene rings is 2. The molecule has 0 spiro atoms. The fraction of sp³-hybridized carbons (Fsp3) is 0.318. The van der Waals surface area contributed by atoms with Crippen LogP contribution in [0.25, 0.3) is 11.4 Å². The summed E-state index contributed by atoms with van der Waals surface area (Å²) in [6.07, 6.45) is 3.85. The Morgan fingerprint density at radius 2 is 2.17 bits per heavy atom. The van der Waals surface area contributed by atoms with Crippen LogP contribution in [0.15, 0.2) is 57.9 Å². The molecule has 2 heterocycles. The molecule has 3 aromatic rings. The van der Waals surface area contributed by atoms with Gasteiger partial charge in [0.25, 0.3) is 0 Å². The van der Waals surface area contributed by atoms with Crippen LogP contribution in [0.3, 0.4) is 0 Å². The highest BCUT2D eigenvalue weighted by molar-refractivity contribution is 7.98. The third-order valence-corrected chi connectivity index (χ3v) is 6.21. The number of hydrogen-bond donors (Lipinski definition) is 1. The minimum absolute atomic E-state index is 0.0558. The van der Waals surface area contributed by atoms with Crippen molar-refractivity contribution < 1.29 is 9.32 Å². The molecule has 0 saturated carbocycles. The van der Waals surface area contributed by atoms with Crippen molar-refractivity contribution in [1.82, 2.24) is 15.0 Å². The van der Waals surface area contributed by atoms with Gasteiger partial charge in [0.05, 0.1) is 17.5 Å². The summed E-state index contributed by atoms with van der Waals surface area (Å²) < 4.78 is 5.43. The molecule has 30 heavy (non-hydrogen) atoms. The normalized spacial score (nSPS) is 17.1. The number of hydrogen-bond acceptors (Lipinski definition) is 6. The van der Waals surface area contributed by atoms with Gasteiger partial charge in [0.15, 0.2) is 0 Å². The first kappa shape index (κ1) is 20.9. The van der Waals surface area contributed by atoms with Crippen LogP contribution in [0.2, 0.25) is 5.02 Å². The van der Waals surface area contributed by atoms with E-state index in [1.165, 1.54) is 0 Å². The standard InChI is InChI=1S/C22H23ClN4O2S/c1-30-17-8-4-7-16(12-17)24-22(28)15-6-5-11-27(13-15)14-20-25-21(26-29-20)18-9-2-3-10-19(18)23/h2-4,7-10,12,15H,5-6,11,13-14H2,1H3,(H,24,28). The largest absolute Gasteiger partial charge is 0.338 e. The van der Waals surface area contributed by atoms with Crippen molar-refractivity contribution in [1.29, 1.82) is 0 Å². The van der Waals surface area contributed by atoms with E-state index in [0.29, 0.717) is 29.8 Å². The van der Waals surface area contributed by atoms with E-state index < -0.39 is 0 Å². The predicted octanol–water partition coefficient (Wildman–Crippen LogP) is 4.96. The van der Waals surface area contributed by atoms with Crippen LogP contribution in [0.1, 0.15) is 18.7 Å². The quantitative estimate of drug-likeness (QED) is 0.544. The molecule has 1 N–H and O–H groups in total. The average molecular weight is 443 g/mol. The Hall–Kier alpha value is -2.35. The van der Waals surface area contributed by atoms with Crippen LogP contribution in [-0.2, 0) is 11.3 Å². The number of anilines is 1. The molecule has 1 unspecified atom stereocenters. The third-order valence-electron chi connectivity index (χ3n) is 5.16. The molecule has 0 aliphatic carbocycles. The number of halogens is 1. The Labute approximate surface area is 185 Å². The van der Waals surface area contributed by atoms with Gasteiger partial charge in [-0.25, -0.2) is 0 Å². The van der Waals surface area contributed by atoms with E-state index in [0.717, 1.165) is 35.5 Å². The van der Waals surface area contributed by atoms with E-state index in [-0.39, 0.29) is 11.8 Å². The molecule has 1 aliphatic heterocycles. The zero-order valence-corrected chi connectivity index (χ0v) is 18.2. The van der Waals surface area contributed by atoms with Gasteiger partial charge in [0.2, 0.25) is 17.6 Å². The van der Waals surface area contributed by atoms with Gasteiger partial charge < -0.3 is 9.84 Å². The van der Waals surface area contributed by atoms with E-state index in [9.17, 15) is 4.79 Å².